The van der Waals surface area contributed by atoms with Gasteiger partial charge in [0.2, 0.25) is 0 Å². The van der Waals surface area contributed by atoms with Crippen LogP contribution in [0.1, 0.15) is 24.5 Å². The molecule has 0 aliphatic carbocycles. The number of nitrogens with one attached hydrogen (secondary N) is 2. The highest BCUT2D eigenvalue weighted by molar-refractivity contribution is 5.79. The number of hydrogen-bond donors (Lipinski definition) is 2. The molecule has 0 unspecified atom stereocenters. The molecule has 1 heterocycles. The smallest absolute Gasteiger partial charge is 0.191 e. The molecule has 1 fully saturated rings. The maximum absolute atomic E-state index is 4.71. The van der Waals surface area contributed by atoms with Gasteiger partial charge in [0.15, 0.2) is 5.96 Å². The fraction of sp³-hybridized carbons (Fsp3) is 0.632. The van der Waals surface area contributed by atoms with Crippen LogP contribution in [0.5, 0.6) is 0 Å². The summed E-state index contributed by atoms with van der Waals surface area (Å²) in [7, 11) is 2.21. The number of hydrogen-bond acceptors (Lipinski definition) is 3. The molecule has 5 nitrogen and oxygen atoms in total. The van der Waals surface area contributed by atoms with Gasteiger partial charge >= 0.3 is 0 Å². The van der Waals surface area contributed by atoms with Gasteiger partial charge in [0.25, 0.3) is 0 Å². The Morgan fingerprint density at radius 1 is 1.17 bits per heavy atom. The summed E-state index contributed by atoms with van der Waals surface area (Å²) in [5, 5.41) is 6.80. The molecule has 1 aliphatic heterocycles. The molecule has 2 N–H and O–H groups in total. The van der Waals surface area contributed by atoms with E-state index < -0.39 is 0 Å². The van der Waals surface area contributed by atoms with Crippen molar-refractivity contribution < 1.29 is 0 Å². The summed E-state index contributed by atoms with van der Waals surface area (Å²) >= 11 is 0. The summed E-state index contributed by atoms with van der Waals surface area (Å²) < 4.78 is 0. The Morgan fingerprint density at radius 3 is 2.83 bits per heavy atom. The van der Waals surface area contributed by atoms with Crippen LogP contribution in [0.25, 0.3) is 0 Å². The molecule has 0 amide bonds. The van der Waals surface area contributed by atoms with Gasteiger partial charge in [-0.25, -0.2) is 4.99 Å². The van der Waals surface area contributed by atoms with E-state index in [1.54, 1.807) is 0 Å². The summed E-state index contributed by atoms with van der Waals surface area (Å²) in [6.07, 6.45) is 1.26. The van der Waals surface area contributed by atoms with Crippen molar-refractivity contribution in [3.05, 3.63) is 35.4 Å². The van der Waals surface area contributed by atoms with E-state index in [9.17, 15) is 0 Å². The Labute approximate surface area is 147 Å². The largest absolute Gasteiger partial charge is 0.357 e. The first-order chi connectivity index (χ1) is 11.7. The Kier molecular flexibility index (Phi) is 8.05. The van der Waals surface area contributed by atoms with E-state index in [-0.39, 0.29) is 0 Å². The van der Waals surface area contributed by atoms with Crippen molar-refractivity contribution in [1.82, 2.24) is 20.4 Å². The third-order valence-corrected chi connectivity index (χ3v) is 4.38. The van der Waals surface area contributed by atoms with Crippen LogP contribution in [-0.4, -0.2) is 68.6 Å². The SMILES string of the molecule is CCNC(=NCc1cccc(C)c1)NCCN1CCCN(C)CC1. The van der Waals surface area contributed by atoms with Gasteiger partial charge in [-0.15, -0.1) is 0 Å². The second kappa shape index (κ2) is 10.3. The van der Waals surface area contributed by atoms with Gasteiger partial charge in [-0.05, 0) is 46.0 Å². The van der Waals surface area contributed by atoms with Crippen molar-refractivity contribution in [3.63, 3.8) is 0 Å². The number of aliphatic imine (C=N–C) groups is 1. The van der Waals surface area contributed by atoms with Gasteiger partial charge in [0, 0.05) is 32.7 Å². The van der Waals surface area contributed by atoms with Crippen LogP contribution in [0.15, 0.2) is 29.3 Å². The van der Waals surface area contributed by atoms with Gasteiger partial charge in [0.1, 0.15) is 0 Å². The van der Waals surface area contributed by atoms with E-state index in [4.69, 9.17) is 4.99 Å². The summed E-state index contributed by atoms with van der Waals surface area (Å²) in [4.78, 5) is 9.67. The van der Waals surface area contributed by atoms with Crippen LogP contribution in [0, 0.1) is 6.92 Å². The van der Waals surface area contributed by atoms with Crippen molar-refractivity contribution in [3.8, 4) is 0 Å². The van der Waals surface area contributed by atoms with Crippen molar-refractivity contribution in [2.24, 2.45) is 4.99 Å². The van der Waals surface area contributed by atoms with Crippen molar-refractivity contribution in [2.75, 3.05) is 52.9 Å². The average molecular weight is 332 g/mol. The topological polar surface area (TPSA) is 42.9 Å². The fourth-order valence-corrected chi connectivity index (χ4v) is 2.98. The molecule has 134 valence electrons. The molecule has 0 bridgehead atoms. The van der Waals surface area contributed by atoms with Crippen LogP contribution < -0.4 is 10.6 Å². The van der Waals surface area contributed by atoms with E-state index in [2.05, 4.69) is 65.6 Å². The van der Waals surface area contributed by atoms with E-state index in [1.165, 1.54) is 37.2 Å². The molecule has 1 saturated heterocycles. The lowest BCUT2D eigenvalue weighted by Crippen LogP contribution is -2.42. The Balaban J connectivity index is 1.78. The summed E-state index contributed by atoms with van der Waals surface area (Å²) in [6.45, 7) is 12.6. The first-order valence-electron chi connectivity index (χ1n) is 9.16. The second-order valence-electron chi connectivity index (χ2n) is 6.61. The van der Waals surface area contributed by atoms with Crippen LogP contribution in [-0.2, 0) is 6.54 Å². The summed E-state index contributed by atoms with van der Waals surface area (Å²) in [6, 6.07) is 8.54. The highest BCUT2D eigenvalue weighted by Gasteiger charge is 2.11. The Bertz CT molecular complexity index is 514. The maximum Gasteiger partial charge on any atom is 0.191 e. The first kappa shape index (κ1) is 18.7. The highest BCUT2D eigenvalue weighted by atomic mass is 15.2. The number of likely N-dealkylation sites (N-methyl/N-ethyl adjacent to an activating group) is 1. The molecule has 1 aliphatic rings. The maximum atomic E-state index is 4.71. The molecule has 0 spiro atoms. The Morgan fingerprint density at radius 2 is 2.04 bits per heavy atom. The standard InChI is InChI=1S/C19H33N5/c1-4-20-19(22-16-18-8-5-7-17(2)15-18)21-9-12-24-11-6-10-23(3)13-14-24/h5,7-8,15H,4,6,9-14,16H2,1-3H3,(H2,20,21,22). The zero-order chi connectivity index (χ0) is 17.2. The lowest BCUT2D eigenvalue weighted by Gasteiger charge is -2.21. The summed E-state index contributed by atoms with van der Waals surface area (Å²) in [5.74, 6) is 0.908. The monoisotopic (exact) mass is 331 g/mol. The number of guanidine groups is 1. The second-order valence-corrected chi connectivity index (χ2v) is 6.61. The highest BCUT2D eigenvalue weighted by Crippen LogP contribution is 2.05. The lowest BCUT2D eigenvalue weighted by atomic mass is 10.1. The minimum Gasteiger partial charge on any atom is -0.357 e. The predicted octanol–water partition coefficient (Wildman–Crippen LogP) is 1.69. The minimum atomic E-state index is 0.714. The fourth-order valence-electron chi connectivity index (χ4n) is 2.98. The zero-order valence-corrected chi connectivity index (χ0v) is 15.5. The molecule has 2 rings (SSSR count). The van der Waals surface area contributed by atoms with E-state index in [0.29, 0.717) is 6.54 Å². The number of rotatable bonds is 6. The van der Waals surface area contributed by atoms with Crippen molar-refractivity contribution >= 4 is 5.96 Å². The quantitative estimate of drug-likeness (QED) is 0.615. The van der Waals surface area contributed by atoms with Gasteiger partial charge in [-0.3, -0.25) is 0 Å². The van der Waals surface area contributed by atoms with Crippen LogP contribution in [0.4, 0.5) is 0 Å². The lowest BCUT2D eigenvalue weighted by molar-refractivity contribution is 0.280. The third-order valence-electron chi connectivity index (χ3n) is 4.38. The molecular weight excluding hydrogens is 298 g/mol. The van der Waals surface area contributed by atoms with Gasteiger partial charge in [0.05, 0.1) is 6.54 Å². The molecule has 0 saturated carbocycles. The third kappa shape index (κ3) is 6.89. The normalized spacial score (nSPS) is 17.5. The van der Waals surface area contributed by atoms with Crippen molar-refractivity contribution in [2.45, 2.75) is 26.8 Å². The molecule has 5 heteroatoms. The zero-order valence-electron chi connectivity index (χ0n) is 15.5. The van der Waals surface area contributed by atoms with Crippen LogP contribution in [0.2, 0.25) is 0 Å². The van der Waals surface area contributed by atoms with Crippen molar-refractivity contribution in [1.29, 1.82) is 0 Å². The molecule has 1 aromatic rings. The molecular formula is C19H33N5. The van der Waals surface area contributed by atoms with E-state index in [0.717, 1.165) is 32.1 Å². The van der Waals surface area contributed by atoms with Gasteiger partial charge in [-0.2, -0.15) is 0 Å². The van der Waals surface area contributed by atoms with E-state index in [1.807, 2.05) is 0 Å². The molecule has 24 heavy (non-hydrogen) atoms. The average Bonchev–Trinajstić information content (AvgIpc) is 2.77. The predicted molar refractivity (Wildman–Crippen MR) is 103 cm³/mol. The molecule has 1 aromatic carbocycles. The van der Waals surface area contributed by atoms with E-state index >= 15 is 0 Å². The summed E-state index contributed by atoms with van der Waals surface area (Å²) in [5.41, 5.74) is 2.54. The minimum absolute atomic E-state index is 0.714. The van der Waals surface area contributed by atoms with Crippen LogP contribution >= 0.6 is 0 Å². The number of aryl methyl sites for hydroxylation is 1. The van der Waals surface area contributed by atoms with Crippen LogP contribution in [0.3, 0.4) is 0 Å². The Hall–Kier alpha value is -1.59. The molecule has 0 atom stereocenters. The number of benzene rings is 1. The molecule has 0 aromatic heterocycles. The first-order valence-corrected chi connectivity index (χ1v) is 9.16. The van der Waals surface area contributed by atoms with Gasteiger partial charge < -0.3 is 20.4 Å². The number of nitrogens with zero attached hydrogens (tertiary/aromatic N) is 3. The molecule has 0 radical (unpaired) electrons. The van der Waals surface area contributed by atoms with Gasteiger partial charge in [-0.1, -0.05) is 29.8 Å².